The van der Waals surface area contributed by atoms with Crippen molar-refractivity contribution in [2.75, 3.05) is 25.0 Å². The first-order valence-corrected chi connectivity index (χ1v) is 6.74. The Kier molecular flexibility index (Phi) is 4.02. The van der Waals surface area contributed by atoms with Gasteiger partial charge in [-0.05, 0) is 31.0 Å². The molecule has 19 heavy (non-hydrogen) atoms. The van der Waals surface area contributed by atoms with Crippen LogP contribution in [-0.2, 0) is 11.4 Å². The monoisotopic (exact) mass is 282 g/mol. The number of hydrogen-bond donors (Lipinski definition) is 2. The smallest absolute Gasteiger partial charge is 0.227 e. The maximum absolute atomic E-state index is 11.9. The van der Waals surface area contributed by atoms with E-state index >= 15 is 0 Å². The molecule has 1 atom stereocenters. The molecule has 2 rings (SSSR count). The Bertz CT molecular complexity index is 492. The zero-order valence-electron chi connectivity index (χ0n) is 11.2. The summed E-state index contributed by atoms with van der Waals surface area (Å²) in [7, 11) is 1.67. The van der Waals surface area contributed by atoms with Gasteiger partial charge in [0.25, 0.3) is 0 Å². The first-order chi connectivity index (χ1) is 9.00. The van der Waals surface area contributed by atoms with Crippen molar-refractivity contribution >= 4 is 23.2 Å². The van der Waals surface area contributed by atoms with Crippen LogP contribution in [0, 0.1) is 5.41 Å². The number of nitrogens with one attached hydrogen (secondary N) is 1. The maximum Gasteiger partial charge on any atom is 0.227 e. The highest BCUT2D eigenvalue weighted by Crippen LogP contribution is 2.36. The molecule has 1 aromatic rings. The molecule has 1 aromatic carbocycles. The standard InChI is InChI=1S/C14H19ClN2O2/c1-14(13(19)16-2)5-6-17(9-14)12-4-3-10(8-18)7-11(12)15/h3-4,7,18H,5-6,8-9H2,1-2H3,(H,16,19). The number of nitrogens with zero attached hydrogens (tertiary/aromatic N) is 1. The number of aliphatic hydroxyl groups is 1. The number of rotatable bonds is 3. The van der Waals surface area contributed by atoms with Crippen LogP contribution < -0.4 is 10.2 Å². The van der Waals surface area contributed by atoms with Crippen LogP contribution in [0.1, 0.15) is 18.9 Å². The minimum Gasteiger partial charge on any atom is -0.392 e. The Labute approximate surface area is 118 Å². The number of anilines is 1. The van der Waals surface area contributed by atoms with Gasteiger partial charge in [-0.15, -0.1) is 0 Å². The van der Waals surface area contributed by atoms with Gasteiger partial charge in [-0.25, -0.2) is 0 Å². The molecular formula is C14H19ClN2O2. The molecule has 5 heteroatoms. The van der Waals surface area contributed by atoms with Crippen molar-refractivity contribution in [1.82, 2.24) is 5.32 Å². The summed E-state index contributed by atoms with van der Waals surface area (Å²) in [6, 6.07) is 5.53. The topological polar surface area (TPSA) is 52.6 Å². The summed E-state index contributed by atoms with van der Waals surface area (Å²) >= 11 is 6.24. The minimum absolute atomic E-state index is 0.0179. The second kappa shape index (κ2) is 5.39. The van der Waals surface area contributed by atoms with Crippen molar-refractivity contribution < 1.29 is 9.90 Å². The van der Waals surface area contributed by atoms with Crippen molar-refractivity contribution in [3.63, 3.8) is 0 Å². The molecule has 1 aliphatic rings. The van der Waals surface area contributed by atoms with Gasteiger partial charge < -0.3 is 15.3 Å². The average Bonchev–Trinajstić information content (AvgIpc) is 2.81. The average molecular weight is 283 g/mol. The Morgan fingerprint density at radius 2 is 2.32 bits per heavy atom. The Balaban J connectivity index is 2.19. The van der Waals surface area contributed by atoms with E-state index in [9.17, 15) is 4.79 Å². The first kappa shape index (κ1) is 14.2. The summed E-state index contributed by atoms with van der Waals surface area (Å²) < 4.78 is 0. The van der Waals surface area contributed by atoms with E-state index in [4.69, 9.17) is 16.7 Å². The minimum atomic E-state index is -0.367. The van der Waals surface area contributed by atoms with E-state index in [1.165, 1.54) is 0 Å². The van der Waals surface area contributed by atoms with E-state index < -0.39 is 0 Å². The van der Waals surface area contributed by atoms with Gasteiger partial charge in [0.2, 0.25) is 5.91 Å². The third-order valence-corrected chi connectivity index (χ3v) is 4.09. The highest BCUT2D eigenvalue weighted by atomic mass is 35.5. The van der Waals surface area contributed by atoms with Crippen LogP contribution in [0.4, 0.5) is 5.69 Å². The molecule has 1 heterocycles. The molecule has 1 aliphatic heterocycles. The zero-order chi connectivity index (χ0) is 14.0. The van der Waals surface area contributed by atoms with Crippen molar-refractivity contribution in [3.05, 3.63) is 28.8 Å². The Morgan fingerprint density at radius 3 is 2.89 bits per heavy atom. The van der Waals surface area contributed by atoms with Gasteiger partial charge in [-0.2, -0.15) is 0 Å². The molecule has 0 saturated carbocycles. The van der Waals surface area contributed by atoms with Crippen LogP contribution in [0.15, 0.2) is 18.2 Å². The molecule has 0 bridgehead atoms. The quantitative estimate of drug-likeness (QED) is 0.889. The number of hydrogen-bond acceptors (Lipinski definition) is 3. The van der Waals surface area contributed by atoms with Gasteiger partial charge >= 0.3 is 0 Å². The van der Waals surface area contributed by atoms with Crippen LogP contribution in [0.25, 0.3) is 0 Å². The highest BCUT2D eigenvalue weighted by molar-refractivity contribution is 6.33. The highest BCUT2D eigenvalue weighted by Gasteiger charge is 2.40. The third-order valence-electron chi connectivity index (χ3n) is 3.78. The predicted molar refractivity (Wildman–Crippen MR) is 76.4 cm³/mol. The van der Waals surface area contributed by atoms with Crippen LogP contribution in [0.2, 0.25) is 5.02 Å². The number of carbonyl (C=O) groups excluding carboxylic acids is 1. The van der Waals surface area contributed by atoms with Gasteiger partial charge in [0, 0.05) is 20.1 Å². The fourth-order valence-electron chi connectivity index (χ4n) is 2.56. The van der Waals surface area contributed by atoms with Crippen molar-refractivity contribution in [1.29, 1.82) is 0 Å². The fourth-order valence-corrected chi connectivity index (χ4v) is 2.88. The fraction of sp³-hybridized carbons (Fsp3) is 0.500. The maximum atomic E-state index is 11.9. The summed E-state index contributed by atoms with van der Waals surface area (Å²) in [5, 5.41) is 12.4. The number of carbonyl (C=O) groups is 1. The summed E-state index contributed by atoms with van der Waals surface area (Å²) in [5.41, 5.74) is 1.35. The van der Waals surface area contributed by atoms with Gasteiger partial charge in [0.05, 0.1) is 22.7 Å². The number of amides is 1. The second-order valence-corrected chi connectivity index (χ2v) is 5.66. The number of aliphatic hydroxyl groups excluding tert-OH is 1. The molecule has 104 valence electrons. The predicted octanol–water partition coefficient (Wildman–Crippen LogP) is 1.79. The van der Waals surface area contributed by atoms with Crippen molar-refractivity contribution in [2.45, 2.75) is 20.0 Å². The Hall–Kier alpha value is -1.26. The Morgan fingerprint density at radius 1 is 1.58 bits per heavy atom. The lowest BCUT2D eigenvalue weighted by atomic mass is 9.89. The summed E-state index contributed by atoms with van der Waals surface area (Å²) in [4.78, 5) is 14.0. The van der Waals surface area contributed by atoms with Crippen molar-refractivity contribution in [2.24, 2.45) is 5.41 Å². The molecular weight excluding hydrogens is 264 g/mol. The van der Waals surface area contributed by atoms with Crippen LogP contribution in [0.5, 0.6) is 0 Å². The largest absolute Gasteiger partial charge is 0.392 e. The van der Waals surface area contributed by atoms with E-state index in [2.05, 4.69) is 10.2 Å². The van der Waals surface area contributed by atoms with Gasteiger partial charge in [0.1, 0.15) is 0 Å². The molecule has 1 saturated heterocycles. The molecule has 0 aliphatic carbocycles. The second-order valence-electron chi connectivity index (χ2n) is 5.26. The van der Waals surface area contributed by atoms with Gasteiger partial charge in [-0.1, -0.05) is 17.7 Å². The van der Waals surface area contributed by atoms with E-state index in [-0.39, 0.29) is 17.9 Å². The van der Waals surface area contributed by atoms with Crippen molar-refractivity contribution in [3.8, 4) is 0 Å². The van der Waals surface area contributed by atoms with Crippen LogP contribution in [-0.4, -0.2) is 31.2 Å². The van der Waals surface area contributed by atoms with E-state index in [1.54, 1.807) is 13.1 Å². The number of halogens is 1. The summed E-state index contributed by atoms with van der Waals surface area (Å²) in [6.07, 6.45) is 0.810. The molecule has 0 radical (unpaired) electrons. The van der Waals surface area contributed by atoms with Gasteiger partial charge in [0.15, 0.2) is 0 Å². The molecule has 4 nitrogen and oxygen atoms in total. The first-order valence-electron chi connectivity index (χ1n) is 6.36. The van der Waals surface area contributed by atoms with E-state index in [0.717, 1.165) is 24.2 Å². The van der Waals surface area contributed by atoms with Crippen LogP contribution >= 0.6 is 11.6 Å². The molecule has 2 N–H and O–H groups in total. The molecule has 0 spiro atoms. The third kappa shape index (κ3) is 2.69. The SMILES string of the molecule is CNC(=O)C1(C)CCN(c2ccc(CO)cc2Cl)C1. The summed E-state index contributed by atoms with van der Waals surface area (Å²) in [5.74, 6) is 0.0677. The lowest BCUT2D eigenvalue weighted by Gasteiger charge is -2.24. The van der Waals surface area contributed by atoms with Gasteiger partial charge in [-0.3, -0.25) is 4.79 Å². The van der Waals surface area contributed by atoms with E-state index in [0.29, 0.717) is 11.6 Å². The lowest BCUT2D eigenvalue weighted by molar-refractivity contribution is -0.128. The molecule has 1 amide bonds. The molecule has 1 fully saturated rings. The summed E-state index contributed by atoms with van der Waals surface area (Å²) in [6.45, 7) is 3.42. The lowest BCUT2D eigenvalue weighted by Crippen LogP contribution is -2.39. The number of benzene rings is 1. The van der Waals surface area contributed by atoms with E-state index in [1.807, 2.05) is 19.1 Å². The zero-order valence-corrected chi connectivity index (χ0v) is 12.0. The molecule has 1 unspecified atom stereocenters. The molecule has 0 aromatic heterocycles. The normalized spacial score (nSPS) is 22.6. The van der Waals surface area contributed by atoms with Crippen LogP contribution in [0.3, 0.4) is 0 Å².